The molecule has 9 aromatic rings. The van der Waals surface area contributed by atoms with Gasteiger partial charge in [-0.05, 0) is 86.9 Å². The highest BCUT2D eigenvalue weighted by molar-refractivity contribution is 6.19. The van der Waals surface area contributed by atoms with Crippen LogP contribution in [0.2, 0.25) is 0 Å². The maximum absolute atomic E-state index is 6.33. The van der Waals surface area contributed by atoms with Gasteiger partial charge >= 0.3 is 0 Å². The second-order valence-electron chi connectivity index (χ2n) is 11.7. The van der Waals surface area contributed by atoms with Crippen molar-refractivity contribution in [3.05, 3.63) is 176 Å². The number of anilines is 3. The van der Waals surface area contributed by atoms with Gasteiger partial charge in [0.2, 0.25) is 0 Å². The predicted molar refractivity (Wildman–Crippen MR) is 194 cm³/mol. The molecule has 216 valence electrons. The van der Waals surface area contributed by atoms with Crippen molar-refractivity contribution in [2.24, 2.45) is 0 Å². The molecule has 0 saturated heterocycles. The van der Waals surface area contributed by atoms with Crippen LogP contribution in [-0.2, 0) is 0 Å². The molecule has 2 nitrogen and oxygen atoms in total. The fourth-order valence-corrected chi connectivity index (χ4v) is 6.89. The molecule has 2 heteroatoms. The molecule has 0 spiro atoms. The lowest BCUT2D eigenvalue weighted by atomic mass is 9.94. The molecule has 0 atom stereocenters. The van der Waals surface area contributed by atoms with E-state index in [9.17, 15) is 0 Å². The Morgan fingerprint density at radius 1 is 0.348 bits per heavy atom. The van der Waals surface area contributed by atoms with E-state index in [0.717, 1.165) is 44.4 Å². The highest BCUT2D eigenvalue weighted by Crippen LogP contribution is 2.44. The summed E-state index contributed by atoms with van der Waals surface area (Å²) < 4.78 is 6.33. The quantitative estimate of drug-likeness (QED) is 0.186. The van der Waals surface area contributed by atoms with Gasteiger partial charge in [0.25, 0.3) is 0 Å². The first-order valence-electron chi connectivity index (χ1n) is 15.7. The third-order valence-corrected chi connectivity index (χ3v) is 9.04. The Hall–Kier alpha value is -6.12. The van der Waals surface area contributed by atoms with E-state index in [1.165, 1.54) is 38.4 Å². The van der Waals surface area contributed by atoms with Crippen LogP contribution in [0.1, 0.15) is 0 Å². The predicted octanol–water partition coefficient (Wildman–Crippen LogP) is 12.7. The Bertz CT molecular complexity index is 2510. The van der Waals surface area contributed by atoms with Gasteiger partial charge in [0, 0.05) is 27.5 Å². The van der Waals surface area contributed by atoms with Crippen molar-refractivity contribution in [3.8, 4) is 22.3 Å². The minimum Gasteiger partial charge on any atom is -0.456 e. The van der Waals surface area contributed by atoms with Gasteiger partial charge in [-0.25, -0.2) is 0 Å². The first-order valence-corrected chi connectivity index (χ1v) is 15.7. The zero-order chi connectivity index (χ0) is 30.5. The summed E-state index contributed by atoms with van der Waals surface area (Å²) in [6.45, 7) is 0. The second kappa shape index (κ2) is 10.8. The van der Waals surface area contributed by atoms with Crippen molar-refractivity contribution in [3.63, 3.8) is 0 Å². The van der Waals surface area contributed by atoms with Crippen molar-refractivity contribution >= 4 is 60.5 Å². The fraction of sp³-hybridized carbons (Fsp3) is 0. The molecule has 0 bridgehead atoms. The maximum atomic E-state index is 6.33. The van der Waals surface area contributed by atoms with Crippen LogP contribution >= 0.6 is 0 Å². The van der Waals surface area contributed by atoms with Crippen LogP contribution in [0.5, 0.6) is 0 Å². The molecule has 1 aromatic heterocycles. The number of furan rings is 1. The third kappa shape index (κ3) is 4.35. The van der Waals surface area contributed by atoms with Crippen LogP contribution in [-0.4, -0.2) is 0 Å². The van der Waals surface area contributed by atoms with Gasteiger partial charge in [-0.2, -0.15) is 0 Å². The zero-order valence-corrected chi connectivity index (χ0v) is 25.1. The minimum atomic E-state index is 0.905. The topological polar surface area (TPSA) is 16.4 Å². The number of nitrogens with zero attached hydrogens (tertiary/aromatic N) is 1. The third-order valence-electron chi connectivity index (χ3n) is 9.04. The normalized spacial score (nSPS) is 11.5. The molecule has 8 aromatic carbocycles. The largest absolute Gasteiger partial charge is 0.456 e. The molecule has 0 N–H and O–H groups in total. The van der Waals surface area contributed by atoms with Crippen LogP contribution in [0, 0.1) is 0 Å². The molecule has 0 saturated carbocycles. The van der Waals surface area contributed by atoms with E-state index in [-0.39, 0.29) is 0 Å². The van der Waals surface area contributed by atoms with E-state index >= 15 is 0 Å². The SMILES string of the molecule is c1ccc(-c2ccccc2-c2ccc(N(c3ccccc3)c3cc4cc5oc6ccccc6c5cc4c4ccccc34)cc2)cc1. The summed E-state index contributed by atoms with van der Waals surface area (Å²) in [6, 6.07) is 62.7. The number of hydrogen-bond acceptors (Lipinski definition) is 2. The molecule has 0 fully saturated rings. The molecule has 9 rings (SSSR count). The first kappa shape index (κ1) is 26.3. The molecule has 0 amide bonds. The van der Waals surface area contributed by atoms with E-state index in [0.29, 0.717) is 0 Å². The van der Waals surface area contributed by atoms with Gasteiger partial charge in [-0.1, -0.05) is 127 Å². The van der Waals surface area contributed by atoms with Gasteiger partial charge in [-0.15, -0.1) is 0 Å². The van der Waals surface area contributed by atoms with Gasteiger partial charge in [0.05, 0.1) is 5.69 Å². The number of benzene rings is 8. The Balaban J connectivity index is 1.24. The van der Waals surface area contributed by atoms with Crippen molar-refractivity contribution in [1.82, 2.24) is 0 Å². The molecule has 0 aliphatic rings. The van der Waals surface area contributed by atoms with E-state index in [1.54, 1.807) is 0 Å². The van der Waals surface area contributed by atoms with E-state index in [1.807, 2.05) is 12.1 Å². The van der Waals surface area contributed by atoms with Gasteiger partial charge in [-0.3, -0.25) is 0 Å². The van der Waals surface area contributed by atoms with E-state index in [2.05, 4.69) is 169 Å². The highest BCUT2D eigenvalue weighted by atomic mass is 16.3. The van der Waals surface area contributed by atoms with Gasteiger partial charge < -0.3 is 9.32 Å². The van der Waals surface area contributed by atoms with Crippen LogP contribution < -0.4 is 4.90 Å². The van der Waals surface area contributed by atoms with E-state index in [4.69, 9.17) is 4.42 Å². The Morgan fingerprint density at radius 2 is 0.913 bits per heavy atom. The van der Waals surface area contributed by atoms with Crippen molar-refractivity contribution < 1.29 is 4.42 Å². The zero-order valence-electron chi connectivity index (χ0n) is 25.1. The van der Waals surface area contributed by atoms with E-state index < -0.39 is 0 Å². The van der Waals surface area contributed by atoms with Crippen LogP contribution in [0.25, 0.3) is 65.7 Å². The lowest BCUT2D eigenvalue weighted by Gasteiger charge is -2.28. The van der Waals surface area contributed by atoms with Crippen molar-refractivity contribution in [2.75, 3.05) is 4.90 Å². The molecule has 46 heavy (non-hydrogen) atoms. The average molecular weight is 588 g/mol. The number of hydrogen-bond donors (Lipinski definition) is 0. The summed E-state index contributed by atoms with van der Waals surface area (Å²) >= 11 is 0. The molecule has 1 heterocycles. The smallest absolute Gasteiger partial charge is 0.136 e. The summed E-state index contributed by atoms with van der Waals surface area (Å²) in [7, 11) is 0. The fourth-order valence-electron chi connectivity index (χ4n) is 6.89. The Labute approximate surface area is 267 Å². The number of para-hydroxylation sites is 2. The summed E-state index contributed by atoms with van der Waals surface area (Å²) in [6.07, 6.45) is 0. The second-order valence-corrected chi connectivity index (χ2v) is 11.7. The monoisotopic (exact) mass is 587 g/mol. The first-order chi connectivity index (χ1) is 22.8. The molecule has 0 aliphatic carbocycles. The highest BCUT2D eigenvalue weighted by Gasteiger charge is 2.19. The lowest BCUT2D eigenvalue weighted by Crippen LogP contribution is -2.10. The van der Waals surface area contributed by atoms with Crippen molar-refractivity contribution in [1.29, 1.82) is 0 Å². The van der Waals surface area contributed by atoms with Crippen molar-refractivity contribution in [2.45, 2.75) is 0 Å². The molecular formula is C44H29NO. The summed E-state index contributed by atoms with van der Waals surface area (Å²) in [4.78, 5) is 2.37. The summed E-state index contributed by atoms with van der Waals surface area (Å²) in [5, 5.41) is 7.08. The number of fused-ring (bicyclic) bond motifs is 6. The summed E-state index contributed by atoms with van der Waals surface area (Å²) in [5.74, 6) is 0. The minimum absolute atomic E-state index is 0.905. The maximum Gasteiger partial charge on any atom is 0.136 e. The van der Waals surface area contributed by atoms with Gasteiger partial charge in [0.1, 0.15) is 11.2 Å². The Kier molecular flexibility index (Phi) is 6.17. The van der Waals surface area contributed by atoms with Crippen LogP contribution in [0.4, 0.5) is 17.1 Å². The van der Waals surface area contributed by atoms with Gasteiger partial charge in [0.15, 0.2) is 0 Å². The summed E-state index contributed by atoms with van der Waals surface area (Å²) in [5.41, 5.74) is 10.0. The van der Waals surface area contributed by atoms with Crippen LogP contribution in [0.3, 0.4) is 0 Å². The molecule has 0 unspecified atom stereocenters. The number of rotatable bonds is 5. The molecule has 0 aliphatic heterocycles. The standard InChI is InChI=1S/C44H29NO/c1-3-13-30(14-4-1)35-17-7-8-18-36(35)31-23-25-34(26-24-31)45(33-15-5-2-6-16-33)42-27-32-28-44-41(39-21-11-12-22-43(39)46-44)29-40(32)37-19-9-10-20-38(37)42/h1-29H. The van der Waals surface area contributed by atoms with Crippen LogP contribution in [0.15, 0.2) is 180 Å². The average Bonchev–Trinajstić information content (AvgIpc) is 3.49. The Morgan fingerprint density at radius 3 is 1.65 bits per heavy atom. The molecular weight excluding hydrogens is 558 g/mol. The lowest BCUT2D eigenvalue weighted by molar-refractivity contribution is 0.669. The molecule has 0 radical (unpaired) electrons.